The van der Waals surface area contributed by atoms with Crippen LogP contribution in [0.25, 0.3) is 0 Å². The summed E-state index contributed by atoms with van der Waals surface area (Å²) >= 11 is 0. The number of H-pyrrole nitrogens is 1. The van der Waals surface area contributed by atoms with E-state index in [-0.39, 0.29) is 16.3 Å². The Morgan fingerprint density at radius 2 is 1.72 bits per heavy atom. The normalized spacial score (nSPS) is 11.3. The summed E-state index contributed by atoms with van der Waals surface area (Å²) < 4.78 is 28.4. The van der Waals surface area contributed by atoms with Gasteiger partial charge in [0, 0.05) is 6.54 Å². The van der Waals surface area contributed by atoms with Gasteiger partial charge in [0.15, 0.2) is 0 Å². The number of carbonyl (C=O) groups is 1. The molecule has 0 atom stereocenters. The van der Waals surface area contributed by atoms with E-state index in [0.29, 0.717) is 24.1 Å². The fourth-order valence-electron chi connectivity index (χ4n) is 3.38. The molecule has 0 bridgehead atoms. The number of aromatic amines is 1. The average molecular weight is 413 g/mol. The predicted molar refractivity (Wildman–Crippen MR) is 113 cm³/mol. The molecular weight excluding hydrogens is 388 g/mol. The van der Waals surface area contributed by atoms with Gasteiger partial charge in [-0.3, -0.25) is 14.6 Å². The van der Waals surface area contributed by atoms with Gasteiger partial charge in [-0.15, -0.1) is 0 Å². The second-order valence-electron chi connectivity index (χ2n) is 6.98. The van der Waals surface area contributed by atoms with Crippen LogP contribution in [0.3, 0.4) is 0 Å². The van der Waals surface area contributed by atoms with Gasteiger partial charge in [0.1, 0.15) is 5.69 Å². The highest BCUT2D eigenvalue weighted by atomic mass is 32.2. The molecule has 0 radical (unpaired) electrons. The van der Waals surface area contributed by atoms with Crippen LogP contribution in [0, 0.1) is 20.8 Å². The Kier molecular flexibility index (Phi) is 6.03. The highest BCUT2D eigenvalue weighted by molar-refractivity contribution is 7.92. The summed E-state index contributed by atoms with van der Waals surface area (Å²) in [5.74, 6) is -0.423. The molecule has 29 heavy (non-hydrogen) atoms. The van der Waals surface area contributed by atoms with Gasteiger partial charge in [-0.05, 0) is 43.9 Å². The van der Waals surface area contributed by atoms with Crippen LogP contribution in [0.2, 0.25) is 0 Å². The van der Waals surface area contributed by atoms with Gasteiger partial charge < -0.3 is 5.32 Å². The van der Waals surface area contributed by atoms with E-state index in [4.69, 9.17) is 0 Å². The third-order valence-electron chi connectivity index (χ3n) is 4.53. The van der Waals surface area contributed by atoms with Crippen molar-refractivity contribution in [2.75, 3.05) is 11.3 Å². The number of sulfonamides is 1. The van der Waals surface area contributed by atoms with Crippen molar-refractivity contribution in [2.45, 2.75) is 32.1 Å². The van der Waals surface area contributed by atoms with Crippen molar-refractivity contribution in [3.63, 3.8) is 0 Å². The first kappa shape index (κ1) is 20.6. The molecule has 0 fully saturated rings. The molecule has 0 spiro atoms. The van der Waals surface area contributed by atoms with Crippen LogP contribution in [0.4, 0.5) is 5.69 Å². The number of anilines is 1. The van der Waals surface area contributed by atoms with Crippen molar-refractivity contribution in [3.05, 3.63) is 76.6 Å². The van der Waals surface area contributed by atoms with E-state index in [1.54, 1.807) is 13.8 Å². The lowest BCUT2D eigenvalue weighted by Crippen LogP contribution is -2.27. The molecule has 1 heterocycles. The van der Waals surface area contributed by atoms with Crippen LogP contribution in [-0.4, -0.2) is 31.1 Å². The molecule has 3 aromatic rings. The molecule has 152 valence electrons. The Balaban J connectivity index is 1.73. The standard InChI is InChI=1S/C21H24N4O3S/c1-14-11-15(2)20(16(3)12-14)29(27,28)25-18-13-23-24-19(18)21(26)22-10-9-17-7-5-4-6-8-17/h4-8,11-13,25H,9-10H2,1-3H3,(H,22,26)(H,23,24). The van der Waals surface area contributed by atoms with Gasteiger partial charge in [0.05, 0.1) is 16.8 Å². The zero-order valence-electron chi connectivity index (χ0n) is 16.6. The van der Waals surface area contributed by atoms with Crippen molar-refractivity contribution >= 4 is 21.6 Å². The van der Waals surface area contributed by atoms with Gasteiger partial charge in [-0.2, -0.15) is 5.10 Å². The fraction of sp³-hybridized carbons (Fsp3) is 0.238. The number of benzene rings is 2. The summed E-state index contributed by atoms with van der Waals surface area (Å²) in [5.41, 5.74) is 3.56. The molecule has 3 rings (SSSR count). The lowest BCUT2D eigenvalue weighted by molar-refractivity contribution is 0.0950. The molecular formula is C21H24N4O3S. The molecule has 0 unspecified atom stereocenters. The van der Waals surface area contributed by atoms with Crippen molar-refractivity contribution in [3.8, 4) is 0 Å². The summed E-state index contributed by atoms with van der Waals surface area (Å²) in [6, 6.07) is 13.4. The number of nitrogens with one attached hydrogen (secondary N) is 3. The van der Waals surface area contributed by atoms with Gasteiger partial charge >= 0.3 is 0 Å². The molecule has 0 aliphatic rings. The predicted octanol–water partition coefficient (Wildman–Crippen LogP) is 3.11. The number of hydrogen-bond acceptors (Lipinski definition) is 4. The summed E-state index contributed by atoms with van der Waals surface area (Å²) in [6.45, 7) is 5.84. The minimum Gasteiger partial charge on any atom is -0.350 e. The van der Waals surface area contributed by atoms with Crippen molar-refractivity contribution in [2.24, 2.45) is 0 Å². The molecule has 1 aromatic heterocycles. The van der Waals surface area contributed by atoms with Crippen LogP contribution < -0.4 is 10.0 Å². The van der Waals surface area contributed by atoms with E-state index >= 15 is 0 Å². The molecule has 0 aliphatic carbocycles. The van der Waals surface area contributed by atoms with E-state index in [9.17, 15) is 13.2 Å². The SMILES string of the molecule is Cc1cc(C)c(S(=O)(=O)Nc2cn[nH]c2C(=O)NCCc2ccccc2)c(C)c1. The van der Waals surface area contributed by atoms with Crippen LogP contribution in [-0.2, 0) is 16.4 Å². The monoisotopic (exact) mass is 412 g/mol. The topological polar surface area (TPSA) is 104 Å². The Morgan fingerprint density at radius 3 is 2.38 bits per heavy atom. The minimum atomic E-state index is -3.87. The maximum atomic E-state index is 12.9. The van der Waals surface area contributed by atoms with Gasteiger partial charge in [-0.1, -0.05) is 48.0 Å². The number of carbonyl (C=O) groups excluding carboxylic acids is 1. The van der Waals surface area contributed by atoms with Gasteiger partial charge in [0.25, 0.3) is 15.9 Å². The third-order valence-corrected chi connectivity index (χ3v) is 6.20. The second kappa shape index (κ2) is 8.48. The lowest BCUT2D eigenvalue weighted by Gasteiger charge is -2.14. The van der Waals surface area contributed by atoms with E-state index in [2.05, 4.69) is 20.2 Å². The second-order valence-corrected chi connectivity index (χ2v) is 8.60. The number of aromatic nitrogens is 2. The number of nitrogens with zero attached hydrogens (tertiary/aromatic N) is 1. The highest BCUT2D eigenvalue weighted by Gasteiger charge is 2.23. The zero-order valence-corrected chi connectivity index (χ0v) is 17.4. The Labute approximate surface area is 170 Å². The number of amides is 1. The van der Waals surface area contributed by atoms with Gasteiger partial charge in [0.2, 0.25) is 0 Å². The smallest absolute Gasteiger partial charge is 0.271 e. The average Bonchev–Trinajstić information content (AvgIpc) is 3.08. The van der Waals surface area contributed by atoms with Crippen molar-refractivity contribution in [1.29, 1.82) is 0 Å². The molecule has 0 saturated heterocycles. The molecule has 7 nitrogen and oxygen atoms in total. The maximum absolute atomic E-state index is 12.9. The quantitative estimate of drug-likeness (QED) is 0.555. The van der Waals surface area contributed by atoms with Crippen LogP contribution in [0.5, 0.6) is 0 Å². The van der Waals surface area contributed by atoms with Crippen molar-refractivity contribution < 1.29 is 13.2 Å². The zero-order chi connectivity index (χ0) is 21.0. The molecule has 8 heteroatoms. The Bertz CT molecular complexity index is 1100. The van der Waals surface area contributed by atoms with Gasteiger partial charge in [-0.25, -0.2) is 8.42 Å². The summed E-state index contributed by atoms with van der Waals surface area (Å²) in [4.78, 5) is 12.7. The van der Waals surface area contributed by atoms with E-state index in [1.165, 1.54) is 6.20 Å². The molecule has 0 saturated carbocycles. The lowest BCUT2D eigenvalue weighted by atomic mass is 10.1. The molecule has 3 N–H and O–H groups in total. The summed E-state index contributed by atoms with van der Waals surface area (Å²) in [5, 5.41) is 9.20. The number of rotatable bonds is 7. The van der Waals surface area contributed by atoms with Crippen LogP contribution in [0.15, 0.2) is 53.6 Å². The first-order chi connectivity index (χ1) is 13.8. The maximum Gasteiger partial charge on any atom is 0.271 e. The first-order valence-corrected chi connectivity index (χ1v) is 10.7. The van der Waals surface area contributed by atoms with E-state index in [0.717, 1.165) is 11.1 Å². The summed E-state index contributed by atoms with van der Waals surface area (Å²) in [7, 11) is -3.87. The molecule has 1 amide bonds. The number of aryl methyl sites for hydroxylation is 3. The Hall–Kier alpha value is -3.13. The highest BCUT2D eigenvalue weighted by Crippen LogP contribution is 2.25. The van der Waals surface area contributed by atoms with Crippen LogP contribution in [0.1, 0.15) is 32.7 Å². The largest absolute Gasteiger partial charge is 0.350 e. The molecule has 2 aromatic carbocycles. The van der Waals surface area contributed by atoms with Crippen molar-refractivity contribution in [1.82, 2.24) is 15.5 Å². The number of hydrogen-bond donors (Lipinski definition) is 3. The minimum absolute atomic E-state index is 0.0732. The summed E-state index contributed by atoms with van der Waals surface area (Å²) in [6.07, 6.45) is 1.96. The fourth-order valence-corrected chi connectivity index (χ4v) is 4.89. The van der Waals surface area contributed by atoms with E-state index in [1.807, 2.05) is 49.4 Å². The first-order valence-electron chi connectivity index (χ1n) is 9.24. The van der Waals surface area contributed by atoms with Crippen LogP contribution >= 0.6 is 0 Å². The molecule has 0 aliphatic heterocycles. The Morgan fingerprint density at radius 1 is 1.07 bits per heavy atom. The van der Waals surface area contributed by atoms with E-state index < -0.39 is 15.9 Å². The third kappa shape index (κ3) is 4.83.